The first-order chi connectivity index (χ1) is 12.7. The van der Waals surface area contributed by atoms with Crippen molar-refractivity contribution < 1.29 is 14.3 Å². The molecule has 4 nitrogen and oxygen atoms in total. The molecule has 0 saturated carbocycles. The van der Waals surface area contributed by atoms with Gasteiger partial charge in [-0.15, -0.1) is 0 Å². The van der Waals surface area contributed by atoms with E-state index in [1.54, 1.807) is 24.3 Å². The second-order valence-corrected chi connectivity index (χ2v) is 7.70. The Morgan fingerprint density at radius 1 is 1.07 bits per heavy atom. The molecule has 1 N–H and O–H groups in total. The summed E-state index contributed by atoms with van der Waals surface area (Å²) in [5.41, 5.74) is 2.99. The van der Waals surface area contributed by atoms with E-state index in [-0.39, 0.29) is 11.7 Å². The first kappa shape index (κ1) is 20.7. The monoisotopic (exact) mass is 367 g/mol. The third-order valence-electron chi connectivity index (χ3n) is 4.69. The Kier molecular flexibility index (Phi) is 6.78. The average Bonchev–Trinajstić information content (AvgIpc) is 2.61. The van der Waals surface area contributed by atoms with Crippen molar-refractivity contribution in [3.05, 3.63) is 59.2 Å². The van der Waals surface area contributed by atoms with Gasteiger partial charge in [0.25, 0.3) is 0 Å². The maximum atomic E-state index is 12.6. The second kappa shape index (κ2) is 8.85. The SMILES string of the molecule is CC(=O)c1cccc(NC(=O)C(C)(C)CCCOc2cc(C)ccc2C)c1. The normalized spacial score (nSPS) is 11.1. The number of carbonyl (C=O) groups is 2. The van der Waals surface area contributed by atoms with Crippen LogP contribution >= 0.6 is 0 Å². The molecule has 0 heterocycles. The van der Waals surface area contributed by atoms with E-state index in [4.69, 9.17) is 4.74 Å². The summed E-state index contributed by atoms with van der Waals surface area (Å²) >= 11 is 0. The van der Waals surface area contributed by atoms with Crippen molar-refractivity contribution in [2.75, 3.05) is 11.9 Å². The Morgan fingerprint density at radius 2 is 1.81 bits per heavy atom. The van der Waals surface area contributed by atoms with Gasteiger partial charge in [-0.05, 0) is 62.9 Å². The number of ketones is 1. The number of anilines is 1. The summed E-state index contributed by atoms with van der Waals surface area (Å²) in [6, 6.07) is 13.2. The lowest BCUT2D eigenvalue weighted by atomic mass is 9.87. The Morgan fingerprint density at radius 3 is 2.52 bits per heavy atom. The van der Waals surface area contributed by atoms with Crippen molar-refractivity contribution >= 4 is 17.4 Å². The molecule has 0 fully saturated rings. The summed E-state index contributed by atoms with van der Waals surface area (Å²) in [6.07, 6.45) is 1.48. The average molecular weight is 367 g/mol. The molecule has 1 amide bonds. The van der Waals surface area contributed by atoms with E-state index >= 15 is 0 Å². The van der Waals surface area contributed by atoms with Crippen LogP contribution in [0, 0.1) is 19.3 Å². The molecule has 2 aromatic rings. The lowest BCUT2D eigenvalue weighted by Gasteiger charge is -2.24. The first-order valence-electron chi connectivity index (χ1n) is 9.31. The van der Waals surface area contributed by atoms with Gasteiger partial charge in [0.15, 0.2) is 5.78 Å². The van der Waals surface area contributed by atoms with Crippen LogP contribution in [0.1, 0.15) is 55.1 Å². The number of aryl methyl sites for hydroxylation is 2. The number of benzene rings is 2. The highest BCUT2D eigenvalue weighted by atomic mass is 16.5. The molecule has 0 aliphatic rings. The number of hydrogen-bond donors (Lipinski definition) is 1. The van der Waals surface area contributed by atoms with Gasteiger partial charge in [-0.25, -0.2) is 0 Å². The number of nitrogens with one attached hydrogen (secondary N) is 1. The third-order valence-corrected chi connectivity index (χ3v) is 4.69. The molecule has 0 bridgehead atoms. The molecule has 0 aliphatic carbocycles. The van der Waals surface area contributed by atoms with Crippen molar-refractivity contribution in [1.29, 1.82) is 0 Å². The van der Waals surface area contributed by atoms with Crippen LogP contribution in [-0.4, -0.2) is 18.3 Å². The molecule has 0 radical (unpaired) electrons. The largest absolute Gasteiger partial charge is 0.493 e. The molecule has 0 spiro atoms. The van der Waals surface area contributed by atoms with Crippen LogP contribution in [-0.2, 0) is 4.79 Å². The maximum Gasteiger partial charge on any atom is 0.230 e. The quantitative estimate of drug-likeness (QED) is 0.507. The Bertz CT molecular complexity index is 824. The minimum Gasteiger partial charge on any atom is -0.493 e. The third kappa shape index (κ3) is 5.95. The van der Waals surface area contributed by atoms with Crippen LogP contribution < -0.4 is 10.1 Å². The molecule has 4 heteroatoms. The molecule has 0 aromatic heterocycles. The van der Waals surface area contributed by atoms with Crippen molar-refractivity contribution in [2.24, 2.45) is 5.41 Å². The Labute approximate surface area is 161 Å². The van der Waals surface area contributed by atoms with Crippen LogP contribution in [0.25, 0.3) is 0 Å². The fourth-order valence-corrected chi connectivity index (χ4v) is 2.79. The molecule has 27 heavy (non-hydrogen) atoms. The lowest BCUT2D eigenvalue weighted by Crippen LogP contribution is -2.31. The van der Waals surface area contributed by atoms with E-state index in [0.29, 0.717) is 24.3 Å². The van der Waals surface area contributed by atoms with Crippen LogP contribution in [0.3, 0.4) is 0 Å². The number of amides is 1. The molecule has 0 unspecified atom stereocenters. The van der Waals surface area contributed by atoms with Gasteiger partial charge >= 0.3 is 0 Å². The van der Waals surface area contributed by atoms with Gasteiger partial charge in [0, 0.05) is 16.7 Å². The molecule has 0 aliphatic heterocycles. The topological polar surface area (TPSA) is 55.4 Å². The molecule has 2 rings (SSSR count). The van der Waals surface area contributed by atoms with E-state index in [1.165, 1.54) is 12.5 Å². The predicted molar refractivity (Wildman–Crippen MR) is 110 cm³/mol. The lowest BCUT2D eigenvalue weighted by molar-refractivity contribution is -0.124. The fourth-order valence-electron chi connectivity index (χ4n) is 2.79. The summed E-state index contributed by atoms with van der Waals surface area (Å²) in [4.78, 5) is 24.1. The van der Waals surface area contributed by atoms with Gasteiger partial charge in [-0.2, -0.15) is 0 Å². The summed E-state index contributed by atoms with van der Waals surface area (Å²) in [7, 11) is 0. The van der Waals surface area contributed by atoms with E-state index in [1.807, 2.05) is 33.8 Å². The summed E-state index contributed by atoms with van der Waals surface area (Å²) < 4.78 is 5.88. The minimum absolute atomic E-state index is 0.0195. The van der Waals surface area contributed by atoms with E-state index in [0.717, 1.165) is 17.7 Å². The summed E-state index contributed by atoms with van der Waals surface area (Å²) in [6.45, 7) is 10.0. The zero-order chi connectivity index (χ0) is 20.0. The number of Topliss-reactive ketones (excluding diaryl/α,β-unsaturated/α-hetero) is 1. The first-order valence-corrected chi connectivity index (χ1v) is 9.31. The molecule has 0 atom stereocenters. The van der Waals surface area contributed by atoms with Crippen LogP contribution in [0.5, 0.6) is 5.75 Å². The predicted octanol–water partition coefficient (Wildman–Crippen LogP) is 5.33. The number of ether oxygens (including phenoxy) is 1. The highest BCUT2D eigenvalue weighted by Crippen LogP contribution is 2.26. The number of rotatable bonds is 8. The fraction of sp³-hybridized carbons (Fsp3) is 0.391. The minimum atomic E-state index is -0.531. The van der Waals surface area contributed by atoms with Crippen molar-refractivity contribution in [3.63, 3.8) is 0 Å². The standard InChI is InChI=1S/C23H29NO3/c1-16-10-11-17(2)21(14-16)27-13-7-12-23(4,5)22(26)24-20-9-6-8-19(15-20)18(3)25/h6,8-11,14-15H,7,12-13H2,1-5H3,(H,24,26). The second-order valence-electron chi connectivity index (χ2n) is 7.70. The Hall–Kier alpha value is -2.62. The summed E-state index contributed by atoms with van der Waals surface area (Å²) in [5.74, 6) is 0.821. The van der Waals surface area contributed by atoms with Gasteiger partial charge < -0.3 is 10.1 Å². The van der Waals surface area contributed by atoms with Crippen molar-refractivity contribution in [3.8, 4) is 5.75 Å². The molecule has 0 saturated heterocycles. The maximum absolute atomic E-state index is 12.6. The van der Waals surface area contributed by atoms with Gasteiger partial charge in [-0.1, -0.05) is 38.1 Å². The Balaban J connectivity index is 1.88. The van der Waals surface area contributed by atoms with Crippen LogP contribution in [0.4, 0.5) is 5.69 Å². The number of hydrogen-bond acceptors (Lipinski definition) is 3. The zero-order valence-electron chi connectivity index (χ0n) is 16.9. The molecule has 144 valence electrons. The van der Waals surface area contributed by atoms with Crippen LogP contribution in [0.2, 0.25) is 0 Å². The molecular weight excluding hydrogens is 338 g/mol. The van der Waals surface area contributed by atoms with Gasteiger partial charge in [0.2, 0.25) is 5.91 Å². The molecular formula is C23H29NO3. The van der Waals surface area contributed by atoms with Crippen molar-refractivity contribution in [1.82, 2.24) is 0 Å². The van der Waals surface area contributed by atoms with Gasteiger partial charge in [0.05, 0.1) is 6.61 Å². The highest BCUT2D eigenvalue weighted by molar-refractivity contribution is 5.98. The number of carbonyl (C=O) groups excluding carboxylic acids is 2. The molecule has 2 aromatic carbocycles. The zero-order valence-corrected chi connectivity index (χ0v) is 16.9. The smallest absolute Gasteiger partial charge is 0.230 e. The highest BCUT2D eigenvalue weighted by Gasteiger charge is 2.27. The van der Waals surface area contributed by atoms with E-state index in [9.17, 15) is 9.59 Å². The van der Waals surface area contributed by atoms with E-state index in [2.05, 4.69) is 17.4 Å². The van der Waals surface area contributed by atoms with Crippen LogP contribution in [0.15, 0.2) is 42.5 Å². The van der Waals surface area contributed by atoms with Gasteiger partial charge in [0.1, 0.15) is 5.75 Å². The summed E-state index contributed by atoms with van der Waals surface area (Å²) in [5, 5.41) is 2.92. The van der Waals surface area contributed by atoms with E-state index < -0.39 is 5.41 Å². The van der Waals surface area contributed by atoms with Gasteiger partial charge in [-0.3, -0.25) is 9.59 Å². The van der Waals surface area contributed by atoms with Crippen molar-refractivity contribution in [2.45, 2.75) is 47.5 Å².